The van der Waals surface area contributed by atoms with Crippen molar-refractivity contribution in [1.29, 1.82) is 0 Å². The van der Waals surface area contributed by atoms with Crippen molar-refractivity contribution in [2.45, 2.75) is 70.8 Å². The Morgan fingerprint density at radius 1 is 1.22 bits per heavy atom. The van der Waals surface area contributed by atoms with Crippen LogP contribution in [0.1, 0.15) is 73.9 Å². The Hall–Kier alpha value is -1.52. The van der Waals surface area contributed by atoms with Gasteiger partial charge in [-0.3, -0.25) is 0 Å². The number of alkyl halides is 2. The zero-order valence-electron chi connectivity index (χ0n) is 14.0. The number of benzene rings is 1. The fourth-order valence-corrected chi connectivity index (χ4v) is 3.03. The molecule has 1 aromatic carbocycles. The largest absolute Gasteiger partial charge is 0.456 e. The van der Waals surface area contributed by atoms with Crippen molar-refractivity contribution in [3.63, 3.8) is 0 Å². The molecule has 0 aliphatic heterocycles. The summed E-state index contributed by atoms with van der Waals surface area (Å²) in [6, 6.07) is 2.82. The fourth-order valence-electron chi connectivity index (χ4n) is 3.03. The van der Waals surface area contributed by atoms with Crippen LogP contribution in [-0.2, 0) is 4.74 Å². The molecule has 0 spiro atoms. The van der Waals surface area contributed by atoms with E-state index in [1.165, 1.54) is 12.1 Å². The summed E-state index contributed by atoms with van der Waals surface area (Å²) in [6.07, 6.45) is -0.218. The first-order valence-corrected chi connectivity index (χ1v) is 7.90. The molecule has 1 aliphatic carbocycles. The normalized spacial score (nSPS) is 18.7. The predicted octanol–water partition coefficient (Wildman–Crippen LogP) is 5.38. The molecule has 0 bridgehead atoms. The molecule has 0 heterocycles. The van der Waals surface area contributed by atoms with Gasteiger partial charge in [0.2, 0.25) is 5.92 Å². The average Bonchev–Trinajstić information content (AvgIpc) is 2.39. The highest BCUT2D eigenvalue weighted by atomic mass is 19.3. The maximum absolute atomic E-state index is 14.4. The Morgan fingerprint density at radius 3 is 2.30 bits per heavy atom. The second-order valence-electron chi connectivity index (χ2n) is 7.29. The molecule has 2 nitrogen and oxygen atoms in total. The molecule has 23 heavy (non-hydrogen) atoms. The molecular formula is C18H23F3O2. The molecule has 0 radical (unpaired) electrons. The van der Waals surface area contributed by atoms with Gasteiger partial charge in [0.15, 0.2) is 0 Å². The number of esters is 1. The maximum Gasteiger partial charge on any atom is 0.339 e. The van der Waals surface area contributed by atoms with Gasteiger partial charge in [0.25, 0.3) is 0 Å². The molecule has 0 aromatic heterocycles. The van der Waals surface area contributed by atoms with Gasteiger partial charge in [0.05, 0.1) is 5.56 Å². The van der Waals surface area contributed by atoms with Gasteiger partial charge in [0.1, 0.15) is 11.4 Å². The fraction of sp³-hybridized carbons (Fsp3) is 0.611. The number of rotatable bonds is 2. The lowest BCUT2D eigenvalue weighted by Gasteiger charge is -2.30. The zero-order valence-corrected chi connectivity index (χ0v) is 14.0. The van der Waals surface area contributed by atoms with Crippen molar-refractivity contribution in [3.8, 4) is 0 Å². The second-order valence-corrected chi connectivity index (χ2v) is 7.29. The highest BCUT2D eigenvalue weighted by molar-refractivity contribution is 5.93. The van der Waals surface area contributed by atoms with E-state index >= 15 is 0 Å². The third-order valence-corrected chi connectivity index (χ3v) is 4.13. The van der Waals surface area contributed by atoms with Crippen LogP contribution in [0.15, 0.2) is 12.1 Å². The van der Waals surface area contributed by atoms with E-state index in [0.29, 0.717) is 5.56 Å². The Morgan fingerprint density at radius 2 is 1.78 bits per heavy atom. The van der Waals surface area contributed by atoms with Gasteiger partial charge in [-0.25, -0.2) is 18.0 Å². The van der Waals surface area contributed by atoms with Gasteiger partial charge in [-0.1, -0.05) is 6.07 Å². The van der Waals surface area contributed by atoms with Crippen molar-refractivity contribution in [2.24, 2.45) is 0 Å². The molecular weight excluding hydrogens is 305 g/mol. The standard InChI is InChI=1S/C18H23F3O2/c1-11-5-6-13(19)15(12-7-9-18(20,21)10-8-12)14(11)16(22)23-17(2,3)4/h5-6,12H,7-10H2,1-4H3. The van der Waals surface area contributed by atoms with Crippen LogP contribution in [0.5, 0.6) is 0 Å². The second kappa shape index (κ2) is 6.17. The number of carbonyl (C=O) groups is 1. The quantitative estimate of drug-likeness (QED) is 0.681. The van der Waals surface area contributed by atoms with Gasteiger partial charge in [0, 0.05) is 18.4 Å². The lowest BCUT2D eigenvalue weighted by Crippen LogP contribution is -2.28. The minimum Gasteiger partial charge on any atom is -0.456 e. The van der Waals surface area contributed by atoms with Crippen molar-refractivity contribution < 1.29 is 22.7 Å². The summed E-state index contributed by atoms with van der Waals surface area (Å²) in [4.78, 5) is 12.5. The molecule has 1 fully saturated rings. The smallest absolute Gasteiger partial charge is 0.339 e. The van der Waals surface area contributed by atoms with Crippen LogP contribution in [0.3, 0.4) is 0 Å². The van der Waals surface area contributed by atoms with Crippen LogP contribution in [0.2, 0.25) is 0 Å². The van der Waals surface area contributed by atoms with Crippen LogP contribution in [0.25, 0.3) is 0 Å². The SMILES string of the molecule is Cc1ccc(F)c(C2CCC(F)(F)CC2)c1C(=O)OC(C)(C)C. The van der Waals surface area contributed by atoms with E-state index in [2.05, 4.69) is 0 Å². The summed E-state index contributed by atoms with van der Waals surface area (Å²) in [5.41, 5.74) is 0.324. The Bertz CT molecular complexity index is 593. The number of aryl methyl sites for hydroxylation is 1. The average molecular weight is 328 g/mol. The van der Waals surface area contributed by atoms with Gasteiger partial charge >= 0.3 is 5.97 Å². The molecule has 0 unspecified atom stereocenters. The van der Waals surface area contributed by atoms with E-state index in [9.17, 15) is 18.0 Å². The lowest BCUT2D eigenvalue weighted by atomic mass is 9.79. The molecule has 0 amide bonds. The summed E-state index contributed by atoms with van der Waals surface area (Å²) in [5, 5.41) is 0. The summed E-state index contributed by atoms with van der Waals surface area (Å²) in [5.74, 6) is -4.19. The van der Waals surface area contributed by atoms with Crippen molar-refractivity contribution in [2.75, 3.05) is 0 Å². The van der Waals surface area contributed by atoms with Crippen LogP contribution in [0, 0.1) is 12.7 Å². The van der Waals surface area contributed by atoms with E-state index in [-0.39, 0.29) is 42.7 Å². The van der Waals surface area contributed by atoms with Gasteiger partial charge in [-0.15, -0.1) is 0 Å². The van der Waals surface area contributed by atoms with Crippen LogP contribution in [0.4, 0.5) is 13.2 Å². The molecule has 1 saturated carbocycles. The summed E-state index contributed by atoms with van der Waals surface area (Å²) in [7, 11) is 0. The highest BCUT2D eigenvalue weighted by Crippen LogP contribution is 2.43. The summed E-state index contributed by atoms with van der Waals surface area (Å²) < 4.78 is 46.5. The van der Waals surface area contributed by atoms with Crippen LogP contribution in [-0.4, -0.2) is 17.5 Å². The Labute approximate surface area is 135 Å². The highest BCUT2D eigenvalue weighted by Gasteiger charge is 2.38. The molecule has 1 aromatic rings. The first-order valence-electron chi connectivity index (χ1n) is 7.90. The molecule has 0 saturated heterocycles. The topological polar surface area (TPSA) is 26.3 Å². The Balaban J connectivity index is 2.39. The molecule has 1 aliphatic rings. The van der Waals surface area contributed by atoms with Gasteiger partial charge < -0.3 is 4.74 Å². The summed E-state index contributed by atoms with van der Waals surface area (Å²) >= 11 is 0. The van der Waals surface area contributed by atoms with E-state index in [1.54, 1.807) is 27.7 Å². The zero-order chi connectivity index (χ0) is 17.4. The third-order valence-electron chi connectivity index (χ3n) is 4.13. The molecule has 5 heteroatoms. The number of hydrogen-bond acceptors (Lipinski definition) is 2. The molecule has 128 valence electrons. The minimum atomic E-state index is -2.69. The first kappa shape index (κ1) is 17.8. The van der Waals surface area contributed by atoms with Crippen LogP contribution >= 0.6 is 0 Å². The monoisotopic (exact) mass is 328 g/mol. The predicted molar refractivity (Wildman–Crippen MR) is 82.5 cm³/mol. The molecule has 0 N–H and O–H groups in total. The maximum atomic E-state index is 14.4. The van der Waals surface area contributed by atoms with Crippen molar-refractivity contribution in [1.82, 2.24) is 0 Å². The number of halogens is 3. The number of carbonyl (C=O) groups excluding carboxylic acids is 1. The first-order chi connectivity index (χ1) is 10.5. The summed E-state index contributed by atoms with van der Waals surface area (Å²) in [6.45, 7) is 6.92. The van der Waals surface area contributed by atoms with Gasteiger partial charge in [-0.05, 0) is 58.1 Å². The molecule has 2 rings (SSSR count). The van der Waals surface area contributed by atoms with E-state index in [4.69, 9.17) is 4.74 Å². The van der Waals surface area contributed by atoms with E-state index in [0.717, 1.165) is 0 Å². The molecule has 0 atom stereocenters. The van der Waals surface area contributed by atoms with Gasteiger partial charge in [-0.2, -0.15) is 0 Å². The number of hydrogen-bond donors (Lipinski definition) is 0. The van der Waals surface area contributed by atoms with E-state index < -0.39 is 23.3 Å². The van der Waals surface area contributed by atoms with Crippen LogP contribution < -0.4 is 0 Å². The Kier molecular flexibility index (Phi) is 4.79. The minimum absolute atomic E-state index is 0.170. The van der Waals surface area contributed by atoms with E-state index in [1.807, 2.05) is 0 Å². The van der Waals surface area contributed by atoms with Crippen molar-refractivity contribution in [3.05, 3.63) is 34.6 Å². The lowest BCUT2D eigenvalue weighted by molar-refractivity contribution is -0.0385. The number of ether oxygens (including phenoxy) is 1. The third kappa shape index (κ3) is 4.27. The van der Waals surface area contributed by atoms with Crippen molar-refractivity contribution >= 4 is 5.97 Å².